The molecular weight excluding hydrogens is 189 g/mol. The highest BCUT2D eigenvalue weighted by molar-refractivity contribution is 5.90. The van der Waals surface area contributed by atoms with Gasteiger partial charge in [-0.2, -0.15) is 0 Å². The topological polar surface area (TPSA) is 72.6 Å². The van der Waals surface area contributed by atoms with E-state index in [1.54, 1.807) is 0 Å². The minimum Gasteiger partial charge on any atom is -0.460 e. The van der Waals surface area contributed by atoms with Gasteiger partial charge >= 0.3 is 5.97 Å². The van der Waals surface area contributed by atoms with Crippen molar-refractivity contribution in [2.45, 2.75) is 0 Å². The van der Waals surface area contributed by atoms with Crippen molar-refractivity contribution in [1.82, 2.24) is 0 Å². The van der Waals surface area contributed by atoms with Crippen molar-refractivity contribution in [3.63, 3.8) is 0 Å². The Morgan fingerprint density at radius 3 is 2.86 bits per heavy atom. The van der Waals surface area contributed by atoms with Crippen LogP contribution in [0.2, 0.25) is 0 Å². The lowest BCUT2D eigenvalue weighted by molar-refractivity contribution is 0.0434. The number of rotatable bonds is 3. The van der Waals surface area contributed by atoms with Crippen LogP contribution in [-0.4, -0.2) is 24.3 Å². The highest BCUT2D eigenvalue weighted by atomic mass is 19.1. The number of aliphatic hydroxyl groups excluding tert-OH is 1. The molecule has 14 heavy (non-hydrogen) atoms. The van der Waals surface area contributed by atoms with E-state index < -0.39 is 11.8 Å². The highest BCUT2D eigenvalue weighted by Gasteiger charge is 2.08. The molecule has 76 valence electrons. The molecule has 0 saturated carbocycles. The summed E-state index contributed by atoms with van der Waals surface area (Å²) in [4.78, 5) is 11.2. The van der Waals surface area contributed by atoms with Gasteiger partial charge in [-0.15, -0.1) is 0 Å². The summed E-state index contributed by atoms with van der Waals surface area (Å²) in [6, 6.07) is 3.55. The zero-order chi connectivity index (χ0) is 10.6. The number of anilines is 1. The van der Waals surface area contributed by atoms with E-state index in [0.717, 1.165) is 6.07 Å². The highest BCUT2D eigenvalue weighted by Crippen LogP contribution is 2.12. The lowest BCUT2D eigenvalue weighted by Gasteiger charge is -2.03. The molecule has 0 saturated heterocycles. The van der Waals surface area contributed by atoms with Gasteiger partial charge in [0.25, 0.3) is 0 Å². The van der Waals surface area contributed by atoms with Gasteiger partial charge < -0.3 is 15.6 Å². The van der Waals surface area contributed by atoms with Crippen molar-refractivity contribution in [2.75, 3.05) is 18.9 Å². The van der Waals surface area contributed by atoms with Crippen molar-refractivity contribution < 1.29 is 19.0 Å². The van der Waals surface area contributed by atoms with Gasteiger partial charge in [-0.1, -0.05) is 0 Å². The van der Waals surface area contributed by atoms with Gasteiger partial charge in [0.15, 0.2) is 0 Å². The number of nitrogens with two attached hydrogens (primary N) is 1. The van der Waals surface area contributed by atoms with Crippen LogP contribution in [-0.2, 0) is 4.74 Å². The van der Waals surface area contributed by atoms with Crippen LogP contribution in [0.3, 0.4) is 0 Å². The number of benzene rings is 1. The Kier molecular flexibility index (Phi) is 3.41. The summed E-state index contributed by atoms with van der Waals surface area (Å²) in [5, 5.41) is 8.40. The third kappa shape index (κ3) is 2.43. The van der Waals surface area contributed by atoms with Gasteiger partial charge in [-0.3, -0.25) is 0 Å². The zero-order valence-corrected chi connectivity index (χ0v) is 7.37. The van der Waals surface area contributed by atoms with Crippen LogP contribution in [0.5, 0.6) is 0 Å². The van der Waals surface area contributed by atoms with Crippen LogP contribution in [0.4, 0.5) is 10.1 Å². The average molecular weight is 199 g/mol. The van der Waals surface area contributed by atoms with E-state index in [-0.39, 0.29) is 24.5 Å². The standard InChI is InChI=1S/C9H10FNO3/c10-7-2-1-6(5-8(7)11)9(13)14-4-3-12/h1-2,5,12H,3-4,11H2. The Balaban J connectivity index is 2.76. The number of esters is 1. The molecule has 0 aliphatic carbocycles. The second-order valence-electron chi connectivity index (χ2n) is 2.60. The lowest BCUT2D eigenvalue weighted by atomic mass is 10.2. The second kappa shape index (κ2) is 4.57. The fourth-order valence-corrected chi connectivity index (χ4v) is 0.892. The molecular formula is C9H10FNO3. The molecule has 3 N–H and O–H groups in total. The van der Waals surface area contributed by atoms with Crippen molar-refractivity contribution in [3.05, 3.63) is 29.6 Å². The maximum atomic E-state index is 12.7. The summed E-state index contributed by atoms with van der Waals surface area (Å²) in [7, 11) is 0. The molecule has 0 bridgehead atoms. The molecule has 0 fully saturated rings. The summed E-state index contributed by atoms with van der Waals surface area (Å²) in [5.41, 5.74) is 5.31. The first-order valence-electron chi connectivity index (χ1n) is 3.98. The predicted octanol–water partition coefficient (Wildman–Crippen LogP) is 0.557. The van der Waals surface area contributed by atoms with Crippen LogP contribution >= 0.6 is 0 Å². The number of ether oxygens (including phenoxy) is 1. The van der Waals surface area contributed by atoms with Gasteiger partial charge in [0.1, 0.15) is 12.4 Å². The molecule has 0 radical (unpaired) electrons. The summed E-state index contributed by atoms with van der Waals surface area (Å²) in [6.07, 6.45) is 0. The Labute approximate surface area is 80.1 Å². The molecule has 0 atom stereocenters. The average Bonchev–Trinajstić information content (AvgIpc) is 2.18. The molecule has 0 heterocycles. The summed E-state index contributed by atoms with van der Waals surface area (Å²) >= 11 is 0. The van der Waals surface area contributed by atoms with E-state index in [1.807, 2.05) is 0 Å². The van der Waals surface area contributed by atoms with E-state index in [0.29, 0.717) is 0 Å². The van der Waals surface area contributed by atoms with E-state index >= 15 is 0 Å². The minimum absolute atomic E-state index is 0.0872. The molecule has 0 aromatic heterocycles. The third-order valence-corrected chi connectivity index (χ3v) is 1.56. The van der Waals surface area contributed by atoms with Gasteiger partial charge in [0.05, 0.1) is 17.9 Å². The van der Waals surface area contributed by atoms with Crippen molar-refractivity contribution in [2.24, 2.45) is 0 Å². The SMILES string of the molecule is Nc1cc(C(=O)OCCO)ccc1F. The third-order valence-electron chi connectivity index (χ3n) is 1.56. The second-order valence-corrected chi connectivity index (χ2v) is 2.60. The smallest absolute Gasteiger partial charge is 0.338 e. The zero-order valence-electron chi connectivity index (χ0n) is 7.37. The number of hydrogen-bond acceptors (Lipinski definition) is 4. The maximum Gasteiger partial charge on any atom is 0.338 e. The lowest BCUT2D eigenvalue weighted by Crippen LogP contribution is -2.09. The van der Waals surface area contributed by atoms with Crippen molar-refractivity contribution in [1.29, 1.82) is 0 Å². The quantitative estimate of drug-likeness (QED) is 0.551. The number of nitrogen functional groups attached to an aromatic ring is 1. The number of halogens is 1. The molecule has 0 unspecified atom stereocenters. The first kappa shape index (κ1) is 10.5. The maximum absolute atomic E-state index is 12.7. The Morgan fingerprint density at radius 2 is 2.29 bits per heavy atom. The minimum atomic E-state index is -0.634. The molecule has 1 aromatic rings. The summed E-state index contributed by atoms with van der Waals surface area (Å²) in [5.74, 6) is -1.21. The molecule has 1 rings (SSSR count). The number of hydrogen-bond donors (Lipinski definition) is 2. The molecule has 4 nitrogen and oxygen atoms in total. The number of aliphatic hydroxyl groups is 1. The summed E-state index contributed by atoms with van der Waals surface area (Å²) in [6.45, 7) is -0.335. The number of carbonyl (C=O) groups excluding carboxylic acids is 1. The van der Waals surface area contributed by atoms with Crippen molar-refractivity contribution in [3.8, 4) is 0 Å². The monoisotopic (exact) mass is 199 g/mol. The normalized spacial score (nSPS) is 9.86. The predicted molar refractivity (Wildman–Crippen MR) is 48.2 cm³/mol. The van der Waals surface area contributed by atoms with E-state index in [2.05, 4.69) is 4.74 Å². The molecule has 0 aliphatic heterocycles. The molecule has 0 amide bonds. The van der Waals surface area contributed by atoms with Crippen molar-refractivity contribution >= 4 is 11.7 Å². The fraction of sp³-hybridized carbons (Fsp3) is 0.222. The van der Waals surface area contributed by atoms with Crippen LogP contribution in [0.25, 0.3) is 0 Å². The van der Waals surface area contributed by atoms with Crippen LogP contribution in [0.15, 0.2) is 18.2 Å². The van der Waals surface area contributed by atoms with Gasteiger partial charge in [0.2, 0.25) is 0 Å². The first-order valence-corrected chi connectivity index (χ1v) is 3.98. The molecule has 0 spiro atoms. The first-order chi connectivity index (χ1) is 6.65. The Bertz CT molecular complexity index is 341. The molecule has 1 aromatic carbocycles. The fourth-order valence-electron chi connectivity index (χ4n) is 0.892. The van der Waals surface area contributed by atoms with E-state index in [9.17, 15) is 9.18 Å². The van der Waals surface area contributed by atoms with Gasteiger partial charge in [-0.05, 0) is 18.2 Å². The Hall–Kier alpha value is -1.62. The largest absolute Gasteiger partial charge is 0.460 e. The Morgan fingerprint density at radius 1 is 1.57 bits per heavy atom. The molecule has 5 heteroatoms. The van der Waals surface area contributed by atoms with E-state index in [4.69, 9.17) is 10.8 Å². The molecule has 0 aliphatic rings. The van der Waals surface area contributed by atoms with Crippen LogP contribution in [0.1, 0.15) is 10.4 Å². The summed E-state index contributed by atoms with van der Waals surface area (Å²) < 4.78 is 17.3. The van der Waals surface area contributed by atoms with E-state index in [1.165, 1.54) is 12.1 Å². The number of carbonyl (C=O) groups is 1. The van der Waals surface area contributed by atoms with Crippen LogP contribution < -0.4 is 5.73 Å². The van der Waals surface area contributed by atoms with Gasteiger partial charge in [-0.25, -0.2) is 9.18 Å². The van der Waals surface area contributed by atoms with Gasteiger partial charge in [0, 0.05) is 0 Å². The van der Waals surface area contributed by atoms with Crippen LogP contribution in [0, 0.1) is 5.82 Å².